The molecular formula is C78H152O17P2. The maximum atomic E-state index is 13.1. The summed E-state index contributed by atoms with van der Waals surface area (Å²) in [6.07, 6.45) is 55.4. The van der Waals surface area contributed by atoms with Gasteiger partial charge >= 0.3 is 39.5 Å². The van der Waals surface area contributed by atoms with Gasteiger partial charge in [0.05, 0.1) is 26.4 Å². The van der Waals surface area contributed by atoms with Gasteiger partial charge in [-0.25, -0.2) is 9.13 Å². The minimum absolute atomic E-state index is 0.107. The predicted molar refractivity (Wildman–Crippen MR) is 395 cm³/mol. The van der Waals surface area contributed by atoms with Gasteiger partial charge in [0.1, 0.15) is 19.3 Å². The third-order valence-corrected chi connectivity index (χ3v) is 20.8. The molecule has 0 aliphatic rings. The van der Waals surface area contributed by atoms with Gasteiger partial charge < -0.3 is 33.8 Å². The third-order valence-electron chi connectivity index (χ3n) is 18.9. The maximum Gasteiger partial charge on any atom is 0.472 e. The predicted octanol–water partition coefficient (Wildman–Crippen LogP) is 23.0. The maximum absolute atomic E-state index is 13.1. The largest absolute Gasteiger partial charge is 0.472 e. The van der Waals surface area contributed by atoms with Crippen molar-refractivity contribution in [2.75, 3.05) is 39.6 Å². The Bertz CT molecular complexity index is 1890. The van der Waals surface area contributed by atoms with E-state index in [0.29, 0.717) is 25.7 Å². The van der Waals surface area contributed by atoms with Crippen LogP contribution in [0.25, 0.3) is 0 Å². The summed E-state index contributed by atoms with van der Waals surface area (Å²) in [7, 11) is -9.92. The monoisotopic (exact) mass is 1420 g/mol. The van der Waals surface area contributed by atoms with Crippen molar-refractivity contribution < 1.29 is 80.2 Å². The van der Waals surface area contributed by atoms with Gasteiger partial charge in [-0.3, -0.25) is 37.3 Å². The van der Waals surface area contributed by atoms with Crippen LogP contribution in [0.2, 0.25) is 0 Å². The fourth-order valence-corrected chi connectivity index (χ4v) is 13.5. The summed E-state index contributed by atoms with van der Waals surface area (Å²) in [5.74, 6) is 0.254. The Morgan fingerprint density at radius 2 is 0.526 bits per heavy atom. The number of carbonyl (C=O) groups excluding carboxylic acids is 4. The van der Waals surface area contributed by atoms with Crippen LogP contribution in [0.5, 0.6) is 0 Å². The molecule has 0 fully saturated rings. The van der Waals surface area contributed by atoms with Crippen LogP contribution in [0.3, 0.4) is 0 Å². The first kappa shape index (κ1) is 95.1. The van der Waals surface area contributed by atoms with Crippen molar-refractivity contribution in [3.63, 3.8) is 0 Å². The smallest absolute Gasteiger partial charge is 0.462 e. The molecule has 0 aromatic carbocycles. The fraction of sp³-hybridized carbons (Fsp3) is 0.949. The number of phosphoric acid groups is 2. The molecule has 0 spiro atoms. The summed E-state index contributed by atoms with van der Waals surface area (Å²) >= 11 is 0. The average molecular weight is 1420 g/mol. The van der Waals surface area contributed by atoms with E-state index in [1.165, 1.54) is 205 Å². The standard InChI is InChI=1S/C78H152O17P2/c1-8-11-12-13-14-15-16-20-28-33-38-47-54-61-78(83)95-74(66-89-76(81)60-53-46-41-40-44-51-58-71(7)10-3)68-93-97(86,87)91-64-72(79)63-90-96(84,85)92-67-73(65-88-75(80)59-52-45-37-32-27-24-19-21-25-30-35-42-49-56-69(4)5)94-77(82)62-55-48-39-34-29-23-18-17-22-26-31-36-43-50-57-70(6)9-2/h69-74,79H,8-68H2,1-7H3,(H,84,85)(H,86,87)/t70?,71?,72-,73-,74-/m1/s1. The number of esters is 4. The zero-order chi connectivity index (χ0) is 71.6. The number of rotatable bonds is 76. The van der Waals surface area contributed by atoms with Crippen LogP contribution in [0, 0.1) is 17.8 Å². The molecule has 0 aromatic rings. The highest BCUT2D eigenvalue weighted by molar-refractivity contribution is 7.47. The van der Waals surface area contributed by atoms with Crippen molar-refractivity contribution in [2.24, 2.45) is 17.8 Å². The molecule has 576 valence electrons. The molecule has 0 radical (unpaired) electrons. The van der Waals surface area contributed by atoms with E-state index in [2.05, 4.69) is 48.5 Å². The number of hydrogen-bond donors (Lipinski definition) is 3. The van der Waals surface area contributed by atoms with Crippen LogP contribution in [-0.2, 0) is 65.4 Å². The van der Waals surface area contributed by atoms with Gasteiger partial charge in [0.15, 0.2) is 12.2 Å². The van der Waals surface area contributed by atoms with E-state index in [0.717, 1.165) is 114 Å². The van der Waals surface area contributed by atoms with E-state index in [1.54, 1.807) is 0 Å². The quantitative estimate of drug-likeness (QED) is 0.0222. The van der Waals surface area contributed by atoms with Crippen molar-refractivity contribution in [1.82, 2.24) is 0 Å². The van der Waals surface area contributed by atoms with Gasteiger partial charge in [-0.2, -0.15) is 0 Å². The van der Waals surface area contributed by atoms with Crippen molar-refractivity contribution in [3.05, 3.63) is 0 Å². The summed E-state index contributed by atoms with van der Waals surface area (Å²) in [5, 5.41) is 10.6. The fourth-order valence-electron chi connectivity index (χ4n) is 11.9. The number of aliphatic hydroxyl groups is 1. The molecule has 0 aliphatic carbocycles. The Balaban J connectivity index is 5.25. The summed E-state index contributed by atoms with van der Waals surface area (Å²) in [5.41, 5.74) is 0. The molecule has 97 heavy (non-hydrogen) atoms. The topological polar surface area (TPSA) is 237 Å². The van der Waals surface area contributed by atoms with Crippen molar-refractivity contribution >= 4 is 39.5 Å². The van der Waals surface area contributed by atoms with Gasteiger partial charge in [0, 0.05) is 25.7 Å². The molecule has 0 amide bonds. The summed E-state index contributed by atoms with van der Waals surface area (Å²) in [4.78, 5) is 72.9. The molecule has 7 atom stereocenters. The van der Waals surface area contributed by atoms with E-state index >= 15 is 0 Å². The first-order valence-corrected chi connectivity index (χ1v) is 43.4. The van der Waals surface area contributed by atoms with Gasteiger partial charge in [0.25, 0.3) is 0 Å². The molecule has 0 heterocycles. The van der Waals surface area contributed by atoms with E-state index in [9.17, 15) is 43.2 Å². The third kappa shape index (κ3) is 69.5. The Morgan fingerprint density at radius 1 is 0.299 bits per heavy atom. The second kappa shape index (κ2) is 68.5. The second-order valence-electron chi connectivity index (χ2n) is 29.1. The summed E-state index contributed by atoms with van der Waals surface area (Å²) in [6.45, 7) is 12.0. The molecule has 0 aromatic heterocycles. The molecule has 0 saturated carbocycles. The lowest BCUT2D eigenvalue weighted by Crippen LogP contribution is -2.30. The molecule has 0 bridgehead atoms. The molecule has 0 aliphatic heterocycles. The molecule has 17 nitrogen and oxygen atoms in total. The SMILES string of the molecule is CCCCCCCCCCCCCCCC(=O)O[C@H](COC(=O)CCCCCCCCC(C)CC)COP(=O)(O)OC[C@H](O)COP(=O)(O)OC[C@@H](COC(=O)CCCCCCCCCCCCCCCC(C)C)OC(=O)CCCCCCCCCCCCCCCCC(C)CC. The number of unbranched alkanes of at least 4 members (excludes halogenated alkanes) is 42. The lowest BCUT2D eigenvalue weighted by atomic mass is 9.99. The van der Waals surface area contributed by atoms with Crippen molar-refractivity contribution in [1.29, 1.82) is 0 Å². The van der Waals surface area contributed by atoms with E-state index < -0.39 is 97.5 Å². The molecule has 3 N–H and O–H groups in total. The molecule has 4 unspecified atom stereocenters. The van der Waals surface area contributed by atoms with E-state index in [4.69, 9.17) is 37.0 Å². The van der Waals surface area contributed by atoms with Crippen LogP contribution in [-0.4, -0.2) is 96.7 Å². The highest BCUT2D eigenvalue weighted by atomic mass is 31.2. The number of aliphatic hydroxyl groups excluding tert-OH is 1. The Labute approximate surface area is 594 Å². The normalized spacial score (nSPS) is 14.6. The second-order valence-corrected chi connectivity index (χ2v) is 32.0. The minimum atomic E-state index is -4.96. The highest BCUT2D eigenvalue weighted by Crippen LogP contribution is 2.45. The number of phosphoric ester groups is 2. The van der Waals surface area contributed by atoms with Crippen molar-refractivity contribution in [3.8, 4) is 0 Å². The van der Waals surface area contributed by atoms with Crippen LogP contribution in [0.4, 0.5) is 0 Å². The van der Waals surface area contributed by atoms with Gasteiger partial charge in [0.2, 0.25) is 0 Å². The first-order chi connectivity index (χ1) is 46.8. The van der Waals surface area contributed by atoms with Crippen LogP contribution >= 0.6 is 15.6 Å². The van der Waals surface area contributed by atoms with Gasteiger partial charge in [-0.15, -0.1) is 0 Å². The average Bonchev–Trinajstić information content (AvgIpc) is 1.18. The van der Waals surface area contributed by atoms with Gasteiger partial charge in [-0.1, -0.05) is 350 Å². The minimum Gasteiger partial charge on any atom is -0.462 e. The summed E-state index contributed by atoms with van der Waals surface area (Å²) < 4.78 is 68.6. The van der Waals surface area contributed by atoms with Crippen LogP contribution in [0.15, 0.2) is 0 Å². The molecule has 0 saturated heterocycles. The zero-order valence-electron chi connectivity index (χ0n) is 63.5. The Hall–Kier alpha value is -1.94. The lowest BCUT2D eigenvalue weighted by Gasteiger charge is -2.21. The van der Waals surface area contributed by atoms with Crippen LogP contribution < -0.4 is 0 Å². The Morgan fingerprint density at radius 3 is 0.784 bits per heavy atom. The first-order valence-electron chi connectivity index (χ1n) is 40.4. The lowest BCUT2D eigenvalue weighted by molar-refractivity contribution is -0.161. The van der Waals surface area contributed by atoms with E-state index in [-0.39, 0.29) is 25.7 Å². The number of hydrogen-bond acceptors (Lipinski definition) is 15. The highest BCUT2D eigenvalue weighted by Gasteiger charge is 2.30. The molecular weight excluding hydrogens is 1270 g/mol. The number of ether oxygens (including phenoxy) is 4. The van der Waals surface area contributed by atoms with Crippen LogP contribution in [0.1, 0.15) is 402 Å². The summed E-state index contributed by atoms with van der Waals surface area (Å²) in [6, 6.07) is 0. The van der Waals surface area contributed by atoms with Crippen molar-refractivity contribution in [2.45, 2.75) is 420 Å². The zero-order valence-corrected chi connectivity index (χ0v) is 65.3. The van der Waals surface area contributed by atoms with E-state index in [1.807, 2.05) is 0 Å². The number of carbonyl (C=O) groups is 4. The molecule has 0 rings (SSSR count). The molecule has 19 heteroatoms. The van der Waals surface area contributed by atoms with Gasteiger partial charge in [-0.05, 0) is 43.4 Å². The Kier molecular flexibility index (Phi) is 67.1.